The molecule has 86 valence electrons. The first-order valence-corrected chi connectivity index (χ1v) is 6.03. The molecule has 0 saturated carbocycles. The molecule has 1 N–H and O–H groups in total. The maximum absolute atomic E-state index is 5.01. The lowest BCUT2D eigenvalue weighted by molar-refractivity contribution is 0.192. The first kappa shape index (κ1) is 13.9. The van der Waals surface area contributed by atoms with Crippen molar-refractivity contribution in [2.75, 3.05) is 20.3 Å². The quantitative estimate of drug-likeness (QED) is 0.549. The Bertz CT molecular complexity index is 106. The van der Waals surface area contributed by atoms with Gasteiger partial charge in [-0.05, 0) is 32.7 Å². The molecule has 1 unspecified atom stereocenters. The van der Waals surface area contributed by atoms with Gasteiger partial charge in [0.05, 0.1) is 0 Å². The molecule has 0 spiro atoms. The highest BCUT2D eigenvalue weighted by molar-refractivity contribution is 4.59. The number of hydrogen-bond acceptors (Lipinski definition) is 2. The molecule has 0 radical (unpaired) electrons. The average molecular weight is 201 g/mol. The van der Waals surface area contributed by atoms with E-state index in [9.17, 15) is 0 Å². The highest BCUT2D eigenvalue weighted by Crippen LogP contribution is 2.05. The molecule has 0 amide bonds. The first-order chi connectivity index (χ1) is 6.81. The van der Waals surface area contributed by atoms with Crippen LogP contribution in [-0.4, -0.2) is 26.3 Å². The van der Waals surface area contributed by atoms with Crippen molar-refractivity contribution in [1.82, 2.24) is 5.32 Å². The Balaban J connectivity index is 3.02. The van der Waals surface area contributed by atoms with Crippen LogP contribution >= 0.6 is 0 Å². The predicted octanol–water partition coefficient (Wildman–Crippen LogP) is 2.97. The third-order valence-electron chi connectivity index (χ3n) is 2.48. The standard InChI is InChI=1S/C12H27NO/c1-4-10-13-12(2)9-7-5-6-8-11-14-3/h12-13H,4-11H2,1-3H3. The van der Waals surface area contributed by atoms with Crippen molar-refractivity contribution in [3.05, 3.63) is 0 Å². The van der Waals surface area contributed by atoms with Crippen LogP contribution in [0.25, 0.3) is 0 Å². The van der Waals surface area contributed by atoms with Crippen LogP contribution in [0.4, 0.5) is 0 Å². The number of nitrogens with one attached hydrogen (secondary N) is 1. The Morgan fingerprint density at radius 2 is 1.86 bits per heavy atom. The second-order valence-corrected chi connectivity index (χ2v) is 4.05. The van der Waals surface area contributed by atoms with Crippen molar-refractivity contribution in [3.8, 4) is 0 Å². The summed E-state index contributed by atoms with van der Waals surface area (Å²) in [5, 5.41) is 3.51. The molecule has 0 heterocycles. The number of methoxy groups -OCH3 is 1. The minimum absolute atomic E-state index is 0.692. The van der Waals surface area contributed by atoms with Crippen LogP contribution in [0.3, 0.4) is 0 Å². The van der Waals surface area contributed by atoms with E-state index in [4.69, 9.17) is 4.74 Å². The number of unbranched alkanes of at least 4 members (excludes halogenated alkanes) is 3. The normalized spacial score (nSPS) is 13.1. The summed E-state index contributed by atoms with van der Waals surface area (Å²) in [7, 11) is 1.77. The highest BCUT2D eigenvalue weighted by atomic mass is 16.5. The van der Waals surface area contributed by atoms with Gasteiger partial charge < -0.3 is 10.1 Å². The Kier molecular flexibility index (Phi) is 10.9. The van der Waals surface area contributed by atoms with Gasteiger partial charge in [0.25, 0.3) is 0 Å². The summed E-state index contributed by atoms with van der Waals surface area (Å²) in [5.74, 6) is 0. The molecule has 0 aromatic carbocycles. The third kappa shape index (κ3) is 10.0. The Hall–Kier alpha value is -0.0800. The van der Waals surface area contributed by atoms with Crippen LogP contribution in [-0.2, 0) is 4.74 Å². The molecular weight excluding hydrogens is 174 g/mol. The topological polar surface area (TPSA) is 21.3 Å². The summed E-state index contributed by atoms with van der Waals surface area (Å²) in [6.07, 6.45) is 7.77. The zero-order valence-electron chi connectivity index (χ0n) is 10.1. The van der Waals surface area contributed by atoms with Crippen molar-refractivity contribution in [2.45, 2.75) is 58.4 Å². The molecule has 0 bridgehead atoms. The van der Waals surface area contributed by atoms with E-state index in [1.807, 2.05) is 0 Å². The van der Waals surface area contributed by atoms with E-state index in [1.54, 1.807) is 7.11 Å². The van der Waals surface area contributed by atoms with Gasteiger partial charge in [-0.25, -0.2) is 0 Å². The molecule has 0 aliphatic rings. The lowest BCUT2D eigenvalue weighted by Gasteiger charge is -2.12. The smallest absolute Gasteiger partial charge is 0.0462 e. The van der Waals surface area contributed by atoms with Crippen LogP contribution in [0, 0.1) is 0 Å². The van der Waals surface area contributed by atoms with Crippen molar-refractivity contribution < 1.29 is 4.74 Å². The van der Waals surface area contributed by atoms with Gasteiger partial charge in [0.2, 0.25) is 0 Å². The molecule has 1 atom stereocenters. The van der Waals surface area contributed by atoms with Crippen LogP contribution in [0.5, 0.6) is 0 Å². The monoisotopic (exact) mass is 201 g/mol. The molecule has 2 nitrogen and oxygen atoms in total. The van der Waals surface area contributed by atoms with Crippen molar-refractivity contribution in [3.63, 3.8) is 0 Å². The van der Waals surface area contributed by atoms with Gasteiger partial charge in [0, 0.05) is 19.8 Å². The molecule has 0 aliphatic carbocycles. The molecule has 0 aromatic heterocycles. The number of ether oxygens (including phenoxy) is 1. The SMILES string of the molecule is CCCNC(C)CCCCCCOC. The summed E-state index contributed by atoms with van der Waals surface area (Å²) < 4.78 is 5.01. The molecular formula is C12H27NO. The van der Waals surface area contributed by atoms with E-state index < -0.39 is 0 Å². The van der Waals surface area contributed by atoms with E-state index in [-0.39, 0.29) is 0 Å². The summed E-state index contributed by atoms with van der Waals surface area (Å²) in [4.78, 5) is 0. The minimum atomic E-state index is 0.692. The summed E-state index contributed by atoms with van der Waals surface area (Å²) in [6, 6.07) is 0.692. The molecule has 0 aliphatic heterocycles. The summed E-state index contributed by atoms with van der Waals surface area (Å²) in [6.45, 7) is 6.57. The maximum Gasteiger partial charge on any atom is 0.0462 e. The number of rotatable bonds is 10. The van der Waals surface area contributed by atoms with E-state index >= 15 is 0 Å². The maximum atomic E-state index is 5.01. The van der Waals surface area contributed by atoms with Crippen LogP contribution in [0.2, 0.25) is 0 Å². The summed E-state index contributed by atoms with van der Waals surface area (Å²) >= 11 is 0. The second-order valence-electron chi connectivity index (χ2n) is 4.05. The lowest BCUT2D eigenvalue weighted by atomic mass is 10.1. The second kappa shape index (κ2) is 11.0. The van der Waals surface area contributed by atoms with Crippen LogP contribution in [0.15, 0.2) is 0 Å². The Morgan fingerprint density at radius 1 is 1.14 bits per heavy atom. The zero-order chi connectivity index (χ0) is 10.6. The fourth-order valence-corrected chi connectivity index (χ4v) is 1.54. The van der Waals surface area contributed by atoms with Crippen molar-refractivity contribution in [1.29, 1.82) is 0 Å². The van der Waals surface area contributed by atoms with Gasteiger partial charge in [-0.1, -0.05) is 26.2 Å². The van der Waals surface area contributed by atoms with Crippen molar-refractivity contribution >= 4 is 0 Å². The van der Waals surface area contributed by atoms with Crippen LogP contribution < -0.4 is 5.32 Å². The zero-order valence-corrected chi connectivity index (χ0v) is 10.1. The fourth-order valence-electron chi connectivity index (χ4n) is 1.54. The fraction of sp³-hybridized carbons (Fsp3) is 1.00. The molecule has 0 rings (SSSR count). The predicted molar refractivity (Wildman–Crippen MR) is 62.7 cm³/mol. The van der Waals surface area contributed by atoms with Gasteiger partial charge in [-0.3, -0.25) is 0 Å². The van der Waals surface area contributed by atoms with Crippen LogP contribution in [0.1, 0.15) is 52.4 Å². The van der Waals surface area contributed by atoms with E-state index in [0.717, 1.165) is 13.2 Å². The largest absolute Gasteiger partial charge is 0.385 e. The highest BCUT2D eigenvalue weighted by Gasteiger charge is 1.99. The molecule has 0 saturated heterocycles. The van der Waals surface area contributed by atoms with E-state index in [0.29, 0.717) is 6.04 Å². The van der Waals surface area contributed by atoms with Gasteiger partial charge in [0.1, 0.15) is 0 Å². The van der Waals surface area contributed by atoms with Gasteiger partial charge in [-0.15, -0.1) is 0 Å². The molecule has 14 heavy (non-hydrogen) atoms. The minimum Gasteiger partial charge on any atom is -0.385 e. The molecule has 0 fully saturated rings. The molecule has 0 aromatic rings. The van der Waals surface area contributed by atoms with E-state index in [2.05, 4.69) is 19.2 Å². The van der Waals surface area contributed by atoms with Gasteiger partial charge in [0.15, 0.2) is 0 Å². The van der Waals surface area contributed by atoms with Gasteiger partial charge in [-0.2, -0.15) is 0 Å². The summed E-state index contributed by atoms with van der Waals surface area (Å²) in [5.41, 5.74) is 0. The number of hydrogen-bond donors (Lipinski definition) is 1. The molecule has 2 heteroatoms. The van der Waals surface area contributed by atoms with Crippen molar-refractivity contribution in [2.24, 2.45) is 0 Å². The lowest BCUT2D eigenvalue weighted by Crippen LogP contribution is -2.26. The average Bonchev–Trinajstić information content (AvgIpc) is 2.20. The Labute approximate surface area is 89.4 Å². The van der Waals surface area contributed by atoms with E-state index in [1.165, 1.54) is 38.5 Å². The first-order valence-electron chi connectivity index (χ1n) is 6.03. The van der Waals surface area contributed by atoms with Gasteiger partial charge >= 0.3 is 0 Å². The Morgan fingerprint density at radius 3 is 2.50 bits per heavy atom. The third-order valence-corrected chi connectivity index (χ3v) is 2.48.